The van der Waals surface area contributed by atoms with Crippen LogP contribution in [0, 0.1) is 0 Å². The van der Waals surface area contributed by atoms with Gasteiger partial charge in [0.05, 0.1) is 5.02 Å². The lowest BCUT2D eigenvalue weighted by Gasteiger charge is -2.31. The predicted octanol–water partition coefficient (Wildman–Crippen LogP) is 2.51. The second kappa shape index (κ2) is 6.74. The standard InChI is InChI=1S/C11H14BrClN2O2S.ClH/c1-8-7-15(6-5-14-8)18(16,17)10-4-2-3-9(12)11(10)13;/h2-4,8,14H,5-7H2,1H3;1H/t8-;/m1./s1. The van der Waals surface area contributed by atoms with E-state index >= 15 is 0 Å². The van der Waals surface area contributed by atoms with Gasteiger partial charge in [0.2, 0.25) is 10.0 Å². The van der Waals surface area contributed by atoms with Gasteiger partial charge in [0, 0.05) is 30.1 Å². The molecule has 1 saturated heterocycles. The number of hydrogen-bond donors (Lipinski definition) is 1. The zero-order valence-electron chi connectivity index (χ0n) is 10.3. The fraction of sp³-hybridized carbons (Fsp3) is 0.455. The van der Waals surface area contributed by atoms with Crippen molar-refractivity contribution in [2.45, 2.75) is 17.9 Å². The molecule has 8 heteroatoms. The van der Waals surface area contributed by atoms with E-state index < -0.39 is 10.0 Å². The van der Waals surface area contributed by atoms with Crippen molar-refractivity contribution < 1.29 is 8.42 Å². The second-order valence-electron chi connectivity index (χ2n) is 4.27. The molecule has 0 radical (unpaired) electrons. The summed E-state index contributed by atoms with van der Waals surface area (Å²) in [5.74, 6) is 0. The minimum atomic E-state index is -3.52. The van der Waals surface area contributed by atoms with Crippen molar-refractivity contribution in [1.82, 2.24) is 9.62 Å². The Balaban J connectivity index is 0.00000180. The third-order valence-electron chi connectivity index (χ3n) is 2.87. The molecule has 0 aliphatic carbocycles. The van der Waals surface area contributed by atoms with Gasteiger partial charge in [-0.3, -0.25) is 0 Å². The molecule has 0 aromatic heterocycles. The Hall–Kier alpha value is 0.150. The Kier molecular flexibility index (Phi) is 6.10. The van der Waals surface area contributed by atoms with E-state index in [0.29, 0.717) is 24.1 Å². The Labute approximate surface area is 133 Å². The van der Waals surface area contributed by atoms with Crippen LogP contribution in [0.4, 0.5) is 0 Å². The van der Waals surface area contributed by atoms with Crippen LogP contribution in [-0.4, -0.2) is 38.4 Å². The number of benzene rings is 1. The molecule has 1 N–H and O–H groups in total. The fourth-order valence-corrected chi connectivity index (χ4v) is 4.47. The molecule has 1 aromatic carbocycles. The van der Waals surface area contributed by atoms with E-state index in [-0.39, 0.29) is 28.4 Å². The SMILES string of the molecule is C[C@@H]1CN(S(=O)(=O)c2cccc(Br)c2Cl)CCN1.Cl. The fourth-order valence-electron chi connectivity index (χ4n) is 1.94. The van der Waals surface area contributed by atoms with Crippen LogP contribution >= 0.6 is 39.9 Å². The van der Waals surface area contributed by atoms with Crippen LogP contribution in [0.5, 0.6) is 0 Å². The summed E-state index contributed by atoms with van der Waals surface area (Å²) >= 11 is 9.31. The molecule has 0 amide bonds. The van der Waals surface area contributed by atoms with E-state index in [4.69, 9.17) is 11.6 Å². The number of sulfonamides is 1. The van der Waals surface area contributed by atoms with E-state index in [9.17, 15) is 8.42 Å². The first kappa shape index (κ1) is 17.2. The summed E-state index contributed by atoms with van der Waals surface area (Å²) in [6.45, 7) is 3.55. The van der Waals surface area contributed by atoms with Crippen LogP contribution in [-0.2, 0) is 10.0 Å². The molecule has 108 valence electrons. The second-order valence-corrected chi connectivity index (χ2v) is 7.41. The van der Waals surface area contributed by atoms with E-state index in [1.54, 1.807) is 12.1 Å². The van der Waals surface area contributed by atoms with Crippen LogP contribution in [0.25, 0.3) is 0 Å². The van der Waals surface area contributed by atoms with Gasteiger partial charge in [0.15, 0.2) is 0 Å². The monoisotopic (exact) mass is 388 g/mol. The van der Waals surface area contributed by atoms with Crippen LogP contribution in [0.2, 0.25) is 5.02 Å². The number of nitrogens with one attached hydrogen (secondary N) is 1. The van der Waals surface area contributed by atoms with E-state index in [2.05, 4.69) is 21.2 Å². The van der Waals surface area contributed by atoms with Crippen molar-refractivity contribution in [3.05, 3.63) is 27.7 Å². The highest BCUT2D eigenvalue weighted by Crippen LogP contribution is 2.31. The molecule has 0 bridgehead atoms. The van der Waals surface area contributed by atoms with Gasteiger partial charge in [0.1, 0.15) is 4.90 Å². The topological polar surface area (TPSA) is 49.4 Å². The van der Waals surface area contributed by atoms with Gasteiger partial charge < -0.3 is 5.32 Å². The van der Waals surface area contributed by atoms with E-state index in [1.165, 1.54) is 10.4 Å². The zero-order valence-corrected chi connectivity index (χ0v) is 14.2. The van der Waals surface area contributed by atoms with Crippen molar-refractivity contribution in [2.24, 2.45) is 0 Å². The molecular formula is C11H15BrCl2N2O2S. The summed E-state index contributed by atoms with van der Waals surface area (Å²) in [5, 5.41) is 3.45. The van der Waals surface area contributed by atoms with Crippen LogP contribution in [0.3, 0.4) is 0 Å². The number of hydrogen-bond acceptors (Lipinski definition) is 3. The summed E-state index contributed by atoms with van der Waals surface area (Å²) in [5.41, 5.74) is 0. The van der Waals surface area contributed by atoms with E-state index in [1.807, 2.05) is 6.92 Å². The van der Waals surface area contributed by atoms with Gasteiger partial charge in [-0.2, -0.15) is 4.31 Å². The van der Waals surface area contributed by atoms with Gasteiger partial charge in [-0.05, 0) is 35.0 Å². The first-order chi connectivity index (χ1) is 8.43. The molecule has 2 rings (SSSR count). The normalized spacial score (nSPS) is 20.9. The van der Waals surface area contributed by atoms with Gasteiger partial charge in [-0.25, -0.2) is 8.42 Å². The minimum absolute atomic E-state index is 0. The third-order valence-corrected chi connectivity index (χ3v) is 6.18. The van der Waals surface area contributed by atoms with Gasteiger partial charge in [0.25, 0.3) is 0 Å². The number of halogens is 3. The predicted molar refractivity (Wildman–Crippen MR) is 82.6 cm³/mol. The summed E-state index contributed by atoms with van der Waals surface area (Å²) < 4.78 is 27.1. The minimum Gasteiger partial charge on any atom is -0.312 e. The Morgan fingerprint density at radius 2 is 2.16 bits per heavy atom. The summed E-state index contributed by atoms with van der Waals surface area (Å²) in [6.07, 6.45) is 0. The summed E-state index contributed by atoms with van der Waals surface area (Å²) in [7, 11) is -3.52. The van der Waals surface area contributed by atoms with Gasteiger partial charge in [-0.15, -0.1) is 12.4 Å². The highest BCUT2D eigenvalue weighted by molar-refractivity contribution is 9.10. The maximum Gasteiger partial charge on any atom is 0.244 e. The third kappa shape index (κ3) is 3.62. The van der Waals surface area contributed by atoms with Crippen LogP contribution < -0.4 is 5.32 Å². The van der Waals surface area contributed by atoms with Gasteiger partial charge in [-0.1, -0.05) is 17.7 Å². The molecule has 1 aliphatic heterocycles. The lowest BCUT2D eigenvalue weighted by Crippen LogP contribution is -2.51. The molecule has 19 heavy (non-hydrogen) atoms. The molecule has 1 heterocycles. The molecule has 4 nitrogen and oxygen atoms in total. The highest BCUT2D eigenvalue weighted by Gasteiger charge is 2.30. The maximum atomic E-state index is 12.5. The first-order valence-electron chi connectivity index (χ1n) is 5.60. The smallest absolute Gasteiger partial charge is 0.244 e. The van der Waals surface area contributed by atoms with Crippen molar-refractivity contribution >= 4 is 50.0 Å². The molecule has 0 unspecified atom stereocenters. The molecule has 1 aromatic rings. The molecule has 0 saturated carbocycles. The molecule has 0 spiro atoms. The maximum absolute atomic E-state index is 12.5. The summed E-state index contributed by atoms with van der Waals surface area (Å²) in [4.78, 5) is 0.160. The molecule has 1 atom stereocenters. The summed E-state index contributed by atoms with van der Waals surface area (Å²) in [6, 6.07) is 5.09. The zero-order chi connectivity index (χ0) is 13.3. The largest absolute Gasteiger partial charge is 0.312 e. The van der Waals surface area contributed by atoms with Crippen LogP contribution in [0.1, 0.15) is 6.92 Å². The first-order valence-corrected chi connectivity index (χ1v) is 8.21. The van der Waals surface area contributed by atoms with E-state index in [0.717, 1.165) is 0 Å². The van der Waals surface area contributed by atoms with Crippen molar-refractivity contribution in [1.29, 1.82) is 0 Å². The Bertz CT molecular complexity index is 554. The lowest BCUT2D eigenvalue weighted by molar-refractivity contribution is 0.310. The average Bonchev–Trinajstić information content (AvgIpc) is 2.32. The number of nitrogens with zero attached hydrogens (tertiary/aromatic N) is 1. The molecule has 1 aliphatic rings. The quantitative estimate of drug-likeness (QED) is 0.845. The van der Waals surface area contributed by atoms with Crippen molar-refractivity contribution in [2.75, 3.05) is 19.6 Å². The molecular weight excluding hydrogens is 375 g/mol. The average molecular weight is 390 g/mol. The van der Waals surface area contributed by atoms with Crippen molar-refractivity contribution in [3.63, 3.8) is 0 Å². The van der Waals surface area contributed by atoms with Crippen molar-refractivity contribution in [3.8, 4) is 0 Å². The lowest BCUT2D eigenvalue weighted by atomic mass is 10.3. The molecule has 1 fully saturated rings. The van der Waals surface area contributed by atoms with Gasteiger partial charge >= 0.3 is 0 Å². The number of piperazine rings is 1. The highest BCUT2D eigenvalue weighted by atomic mass is 79.9. The number of rotatable bonds is 2. The van der Waals surface area contributed by atoms with Crippen LogP contribution in [0.15, 0.2) is 27.6 Å². The Morgan fingerprint density at radius 1 is 1.47 bits per heavy atom. The Morgan fingerprint density at radius 3 is 2.79 bits per heavy atom.